The Hall–Kier alpha value is -1.02. The fourth-order valence-electron chi connectivity index (χ4n) is 1.64. The Labute approximate surface area is 85.1 Å². The summed E-state index contributed by atoms with van der Waals surface area (Å²) in [6.07, 6.45) is 1.31. The lowest BCUT2D eigenvalue weighted by Crippen LogP contribution is -2.05. The molecule has 2 rings (SSSR count). The molecule has 0 saturated heterocycles. The average Bonchev–Trinajstić information content (AvgIpc) is 2.92. The summed E-state index contributed by atoms with van der Waals surface area (Å²) >= 11 is 0. The van der Waals surface area contributed by atoms with Crippen LogP contribution in [0.2, 0.25) is 0 Å². The molecular weight excluding hydrogens is 174 g/mol. The van der Waals surface area contributed by atoms with Gasteiger partial charge in [0.1, 0.15) is 5.75 Å². The van der Waals surface area contributed by atoms with E-state index in [1.165, 1.54) is 6.42 Å². The van der Waals surface area contributed by atoms with Crippen molar-refractivity contribution < 1.29 is 4.74 Å². The van der Waals surface area contributed by atoms with Gasteiger partial charge < -0.3 is 10.5 Å². The van der Waals surface area contributed by atoms with Crippen LogP contribution in [0.25, 0.3) is 0 Å². The van der Waals surface area contributed by atoms with Crippen molar-refractivity contribution in [3.8, 4) is 5.75 Å². The zero-order valence-corrected chi connectivity index (χ0v) is 8.57. The first-order chi connectivity index (χ1) is 6.81. The number of nitrogens with two attached hydrogens (primary N) is 1. The quantitative estimate of drug-likeness (QED) is 0.791. The van der Waals surface area contributed by atoms with E-state index in [0.717, 1.165) is 29.8 Å². The van der Waals surface area contributed by atoms with Gasteiger partial charge in [-0.25, -0.2) is 0 Å². The molecule has 2 nitrogen and oxygen atoms in total. The standard InChI is InChI=1S/C12H17NO/c1-9-6-11(9)8-14-12-5-3-2-4-10(12)7-13/h2-5,9,11H,6-8,13H2,1H3. The van der Waals surface area contributed by atoms with Crippen LogP contribution >= 0.6 is 0 Å². The summed E-state index contributed by atoms with van der Waals surface area (Å²) in [7, 11) is 0. The van der Waals surface area contributed by atoms with Crippen LogP contribution in [0.5, 0.6) is 5.75 Å². The summed E-state index contributed by atoms with van der Waals surface area (Å²) in [5.74, 6) is 2.56. The summed E-state index contributed by atoms with van der Waals surface area (Å²) < 4.78 is 5.74. The molecule has 14 heavy (non-hydrogen) atoms. The van der Waals surface area contributed by atoms with Crippen LogP contribution in [-0.4, -0.2) is 6.61 Å². The van der Waals surface area contributed by atoms with Crippen molar-refractivity contribution in [1.82, 2.24) is 0 Å². The smallest absolute Gasteiger partial charge is 0.123 e. The summed E-state index contributed by atoms with van der Waals surface area (Å²) in [6.45, 7) is 3.66. The third-order valence-electron chi connectivity index (χ3n) is 2.92. The lowest BCUT2D eigenvalue weighted by molar-refractivity contribution is 0.290. The van der Waals surface area contributed by atoms with Gasteiger partial charge in [0, 0.05) is 12.1 Å². The zero-order chi connectivity index (χ0) is 9.97. The molecular formula is C12H17NO. The van der Waals surface area contributed by atoms with E-state index in [-0.39, 0.29) is 0 Å². The average molecular weight is 191 g/mol. The van der Waals surface area contributed by atoms with Crippen molar-refractivity contribution >= 4 is 0 Å². The van der Waals surface area contributed by atoms with Gasteiger partial charge >= 0.3 is 0 Å². The summed E-state index contributed by atoms with van der Waals surface area (Å²) in [6, 6.07) is 8.00. The molecule has 2 unspecified atom stereocenters. The first kappa shape index (κ1) is 9.53. The Morgan fingerprint density at radius 1 is 1.43 bits per heavy atom. The number of hydrogen-bond donors (Lipinski definition) is 1. The van der Waals surface area contributed by atoms with Crippen molar-refractivity contribution in [1.29, 1.82) is 0 Å². The van der Waals surface area contributed by atoms with Crippen LogP contribution in [-0.2, 0) is 6.54 Å². The molecule has 0 spiro atoms. The van der Waals surface area contributed by atoms with E-state index in [9.17, 15) is 0 Å². The van der Waals surface area contributed by atoms with Gasteiger partial charge in [-0.3, -0.25) is 0 Å². The number of para-hydroxylation sites is 1. The Bertz CT molecular complexity index is 311. The van der Waals surface area contributed by atoms with E-state index in [2.05, 4.69) is 6.92 Å². The van der Waals surface area contributed by atoms with Gasteiger partial charge in [0.15, 0.2) is 0 Å². The highest BCUT2D eigenvalue weighted by atomic mass is 16.5. The van der Waals surface area contributed by atoms with Crippen LogP contribution in [0.15, 0.2) is 24.3 Å². The molecule has 1 aromatic rings. The third kappa shape index (κ3) is 2.07. The van der Waals surface area contributed by atoms with Crippen LogP contribution in [0.3, 0.4) is 0 Å². The van der Waals surface area contributed by atoms with Gasteiger partial charge in [-0.2, -0.15) is 0 Å². The molecule has 0 amide bonds. The predicted octanol–water partition coefficient (Wildman–Crippen LogP) is 2.18. The fourth-order valence-corrected chi connectivity index (χ4v) is 1.64. The maximum atomic E-state index is 5.74. The number of ether oxygens (including phenoxy) is 1. The normalized spacial score (nSPS) is 24.7. The van der Waals surface area contributed by atoms with E-state index >= 15 is 0 Å². The van der Waals surface area contributed by atoms with Gasteiger partial charge in [-0.1, -0.05) is 25.1 Å². The van der Waals surface area contributed by atoms with Gasteiger partial charge in [0.05, 0.1) is 6.61 Å². The molecule has 0 aromatic heterocycles. The lowest BCUT2D eigenvalue weighted by atomic mass is 10.2. The largest absolute Gasteiger partial charge is 0.493 e. The lowest BCUT2D eigenvalue weighted by Gasteiger charge is -2.09. The van der Waals surface area contributed by atoms with Gasteiger partial charge in [-0.15, -0.1) is 0 Å². The highest BCUT2D eigenvalue weighted by Gasteiger charge is 2.33. The monoisotopic (exact) mass is 191 g/mol. The topological polar surface area (TPSA) is 35.2 Å². The molecule has 2 heteroatoms. The Morgan fingerprint density at radius 3 is 2.79 bits per heavy atom. The second kappa shape index (κ2) is 4.01. The van der Waals surface area contributed by atoms with Crippen LogP contribution in [0, 0.1) is 11.8 Å². The maximum absolute atomic E-state index is 5.74. The molecule has 1 aliphatic rings. The first-order valence-corrected chi connectivity index (χ1v) is 5.22. The molecule has 2 atom stereocenters. The van der Waals surface area contributed by atoms with Crippen molar-refractivity contribution in [3.63, 3.8) is 0 Å². The number of benzene rings is 1. The molecule has 1 aliphatic carbocycles. The molecule has 1 fully saturated rings. The van der Waals surface area contributed by atoms with E-state index in [4.69, 9.17) is 10.5 Å². The highest BCUT2D eigenvalue weighted by molar-refractivity contribution is 5.33. The minimum Gasteiger partial charge on any atom is -0.493 e. The van der Waals surface area contributed by atoms with Crippen molar-refractivity contribution in [3.05, 3.63) is 29.8 Å². The summed E-state index contributed by atoms with van der Waals surface area (Å²) in [5.41, 5.74) is 6.72. The molecule has 76 valence electrons. The second-order valence-electron chi connectivity index (χ2n) is 4.10. The van der Waals surface area contributed by atoms with Crippen LogP contribution < -0.4 is 10.5 Å². The van der Waals surface area contributed by atoms with E-state index in [1.807, 2.05) is 24.3 Å². The Kier molecular flexibility index (Phi) is 2.73. The Morgan fingerprint density at radius 2 is 2.14 bits per heavy atom. The molecule has 0 bridgehead atoms. The molecule has 0 radical (unpaired) electrons. The SMILES string of the molecule is CC1CC1COc1ccccc1CN. The molecule has 2 N–H and O–H groups in total. The van der Waals surface area contributed by atoms with Gasteiger partial charge in [-0.05, 0) is 24.3 Å². The molecule has 0 aliphatic heterocycles. The predicted molar refractivity (Wildman–Crippen MR) is 57.1 cm³/mol. The Balaban J connectivity index is 1.94. The maximum Gasteiger partial charge on any atom is 0.123 e. The minimum atomic E-state index is 0.552. The summed E-state index contributed by atoms with van der Waals surface area (Å²) in [5, 5.41) is 0. The fraction of sp³-hybridized carbons (Fsp3) is 0.500. The van der Waals surface area contributed by atoms with Crippen molar-refractivity contribution in [2.45, 2.75) is 19.9 Å². The van der Waals surface area contributed by atoms with Crippen molar-refractivity contribution in [2.24, 2.45) is 17.6 Å². The molecule has 0 heterocycles. The molecule has 1 aromatic carbocycles. The first-order valence-electron chi connectivity index (χ1n) is 5.22. The summed E-state index contributed by atoms with van der Waals surface area (Å²) in [4.78, 5) is 0. The third-order valence-corrected chi connectivity index (χ3v) is 2.92. The van der Waals surface area contributed by atoms with E-state index < -0.39 is 0 Å². The highest BCUT2D eigenvalue weighted by Crippen LogP contribution is 2.38. The van der Waals surface area contributed by atoms with Crippen LogP contribution in [0.4, 0.5) is 0 Å². The van der Waals surface area contributed by atoms with Crippen LogP contribution in [0.1, 0.15) is 18.9 Å². The zero-order valence-electron chi connectivity index (χ0n) is 8.57. The second-order valence-corrected chi connectivity index (χ2v) is 4.10. The minimum absolute atomic E-state index is 0.552. The molecule has 1 saturated carbocycles. The van der Waals surface area contributed by atoms with Gasteiger partial charge in [0.2, 0.25) is 0 Å². The van der Waals surface area contributed by atoms with Crippen molar-refractivity contribution in [2.75, 3.05) is 6.61 Å². The van der Waals surface area contributed by atoms with E-state index in [1.54, 1.807) is 0 Å². The van der Waals surface area contributed by atoms with E-state index in [0.29, 0.717) is 6.54 Å². The number of hydrogen-bond acceptors (Lipinski definition) is 2. The number of rotatable bonds is 4. The van der Waals surface area contributed by atoms with Gasteiger partial charge in [0.25, 0.3) is 0 Å².